The van der Waals surface area contributed by atoms with E-state index in [1.54, 1.807) is 6.92 Å². The van der Waals surface area contributed by atoms with Gasteiger partial charge in [0, 0.05) is 49.0 Å². The minimum absolute atomic E-state index is 0.0762. The zero-order valence-electron chi connectivity index (χ0n) is 20.8. The summed E-state index contributed by atoms with van der Waals surface area (Å²) >= 11 is 0. The number of unbranched alkanes of at least 4 members (excludes halogenated alkanes) is 2. The van der Waals surface area contributed by atoms with Crippen LogP contribution in [-0.2, 0) is 23.8 Å². The SMILES string of the molecule is Cc1cc(C(=O)Cc2cc(C(F)(F)F)cc(CC(=O)CCCCCC(=N)N)c2O[C@@H]2CCNC2)ncn1. The van der Waals surface area contributed by atoms with Gasteiger partial charge in [0.05, 0.1) is 11.4 Å². The van der Waals surface area contributed by atoms with Crippen molar-refractivity contribution >= 4 is 17.4 Å². The molecule has 1 atom stereocenters. The van der Waals surface area contributed by atoms with Gasteiger partial charge in [-0.15, -0.1) is 0 Å². The number of hydrogen-bond acceptors (Lipinski definition) is 7. The summed E-state index contributed by atoms with van der Waals surface area (Å²) in [5.41, 5.74) is 5.26. The van der Waals surface area contributed by atoms with E-state index in [0.29, 0.717) is 50.9 Å². The van der Waals surface area contributed by atoms with E-state index < -0.39 is 17.5 Å². The summed E-state index contributed by atoms with van der Waals surface area (Å²) in [6, 6.07) is 3.36. The predicted molar refractivity (Wildman–Crippen MR) is 132 cm³/mol. The molecule has 4 N–H and O–H groups in total. The van der Waals surface area contributed by atoms with Crippen molar-refractivity contribution in [3.05, 3.63) is 52.6 Å². The third-order valence-corrected chi connectivity index (χ3v) is 6.10. The lowest BCUT2D eigenvalue weighted by molar-refractivity contribution is -0.137. The molecule has 0 unspecified atom stereocenters. The molecule has 0 spiro atoms. The summed E-state index contributed by atoms with van der Waals surface area (Å²) in [6.07, 6.45) is -1.12. The number of aromatic nitrogens is 2. The van der Waals surface area contributed by atoms with E-state index >= 15 is 0 Å². The molecule has 0 aliphatic carbocycles. The molecule has 11 heteroatoms. The van der Waals surface area contributed by atoms with Crippen LogP contribution in [0.4, 0.5) is 13.2 Å². The molecule has 8 nitrogen and oxygen atoms in total. The normalized spacial score (nSPS) is 15.5. The van der Waals surface area contributed by atoms with E-state index in [2.05, 4.69) is 15.3 Å². The highest BCUT2D eigenvalue weighted by molar-refractivity contribution is 5.96. The first-order chi connectivity index (χ1) is 17.5. The number of nitrogens with two attached hydrogens (primary N) is 1. The van der Waals surface area contributed by atoms with Crippen molar-refractivity contribution in [2.24, 2.45) is 5.73 Å². The number of hydrogen-bond donors (Lipinski definition) is 3. The molecular weight excluding hydrogens is 487 g/mol. The van der Waals surface area contributed by atoms with Crippen LogP contribution in [0.3, 0.4) is 0 Å². The standard InChI is InChI=1S/C26H32F3N5O3/c1-16-9-22(34-15-33-16)23(36)13-18-11-19(26(27,28)29)10-17(25(18)37-21-7-8-32-14-21)12-20(35)5-3-2-4-6-24(30)31/h9-11,15,21,32H,2-8,12-14H2,1H3,(H3,30,31)/t21-/m1/s1. The first-order valence-corrected chi connectivity index (χ1v) is 12.3. The first kappa shape index (κ1) is 28.2. The number of amidine groups is 1. The average molecular weight is 520 g/mol. The van der Waals surface area contributed by atoms with Crippen molar-refractivity contribution in [2.45, 2.75) is 70.6 Å². The quantitative estimate of drug-likeness (QED) is 0.158. The van der Waals surface area contributed by atoms with E-state index in [1.807, 2.05) is 0 Å². The van der Waals surface area contributed by atoms with Crippen LogP contribution in [0.1, 0.15) is 71.4 Å². The summed E-state index contributed by atoms with van der Waals surface area (Å²) in [7, 11) is 0. The highest BCUT2D eigenvalue weighted by atomic mass is 19.4. The number of nitrogens with zero attached hydrogens (tertiary/aromatic N) is 2. The number of benzene rings is 1. The lowest BCUT2D eigenvalue weighted by Crippen LogP contribution is -2.22. The molecule has 0 bridgehead atoms. The maximum Gasteiger partial charge on any atom is 0.416 e. The second kappa shape index (κ2) is 12.8. The fourth-order valence-electron chi connectivity index (χ4n) is 4.21. The molecule has 1 aromatic heterocycles. The van der Waals surface area contributed by atoms with Crippen LogP contribution in [0.25, 0.3) is 0 Å². The predicted octanol–water partition coefficient (Wildman–Crippen LogP) is 3.97. The Morgan fingerprint density at radius 2 is 1.81 bits per heavy atom. The van der Waals surface area contributed by atoms with E-state index in [9.17, 15) is 22.8 Å². The zero-order valence-corrected chi connectivity index (χ0v) is 20.8. The molecule has 3 rings (SSSR count). The first-order valence-electron chi connectivity index (χ1n) is 12.3. The Labute approximate surface area is 213 Å². The van der Waals surface area contributed by atoms with Crippen LogP contribution in [0.2, 0.25) is 0 Å². The third-order valence-electron chi connectivity index (χ3n) is 6.10. The Hall–Kier alpha value is -3.34. The molecule has 2 aromatic rings. The molecule has 1 aliphatic heterocycles. The van der Waals surface area contributed by atoms with Crippen LogP contribution in [0, 0.1) is 12.3 Å². The highest BCUT2D eigenvalue weighted by Gasteiger charge is 2.34. The van der Waals surface area contributed by atoms with Crippen LogP contribution in [0.5, 0.6) is 5.75 Å². The van der Waals surface area contributed by atoms with Crippen LogP contribution >= 0.6 is 0 Å². The topological polar surface area (TPSA) is 131 Å². The maximum atomic E-state index is 13.8. The number of ether oxygens (including phenoxy) is 1. The van der Waals surface area contributed by atoms with Gasteiger partial charge >= 0.3 is 6.18 Å². The van der Waals surface area contributed by atoms with Crippen molar-refractivity contribution in [1.29, 1.82) is 5.41 Å². The summed E-state index contributed by atoms with van der Waals surface area (Å²) in [6.45, 7) is 2.91. The van der Waals surface area contributed by atoms with Gasteiger partial charge in [-0.1, -0.05) is 6.42 Å². The summed E-state index contributed by atoms with van der Waals surface area (Å²) in [4.78, 5) is 33.6. The number of carbonyl (C=O) groups is 2. The molecule has 2 heterocycles. The third kappa shape index (κ3) is 8.63. The summed E-state index contributed by atoms with van der Waals surface area (Å²) < 4.78 is 47.6. The second-order valence-corrected chi connectivity index (χ2v) is 9.30. The van der Waals surface area contributed by atoms with Gasteiger partial charge in [0.2, 0.25) is 0 Å². The van der Waals surface area contributed by atoms with Gasteiger partial charge in [-0.3, -0.25) is 15.0 Å². The maximum absolute atomic E-state index is 13.8. The molecule has 200 valence electrons. The number of aryl methyl sites for hydroxylation is 1. The number of halogens is 3. The number of rotatable bonds is 13. The number of Topliss-reactive ketones (excluding diaryl/α,β-unsaturated/α-hetero) is 2. The molecule has 1 aliphatic rings. The largest absolute Gasteiger partial charge is 0.488 e. The van der Waals surface area contributed by atoms with Crippen molar-refractivity contribution in [1.82, 2.24) is 15.3 Å². The minimum atomic E-state index is -4.67. The molecule has 1 aromatic carbocycles. The average Bonchev–Trinajstić information content (AvgIpc) is 3.33. The fourth-order valence-corrected chi connectivity index (χ4v) is 4.21. The van der Waals surface area contributed by atoms with Gasteiger partial charge in [-0.25, -0.2) is 9.97 Å². The second-order valence-electron chi connectivity index (χ2n) is 9.30. The molecule has 1 saturated heterocycles. The van der Waals surface area contributed by atoms with Gasteiger partial charge in [-0.05, 0) is 50.9 Å². The zero-order chi connectivity index (χ0) is 27.0. The van der Waals surface area contributed by atoms with Crippen molar-refractivity contribution in [3.8, 4) is 5.75 Å². The van der Waals surface area contributed by atoms with Crippen LogP contribution in [-0.4, -0.2) is 46.6 Å². The Bertz CT molecular complexity index is 1130. The summed E-state index contributed by atoms with van der Waals surface area (Å²) in [5.74, 6) is -0.453. The fraction of sp³-hybridized carbons (Fsp3) is 0.500. The van der Waals surface area contributed by atoms with E-state index in [1.165, 1.54) is 12.4 Å². The molecule has 0 amide bonds. The van der Waals surface area contributed by atoms with E-state index in [0.717, 1.165) is 12.1 Å². The van der Waals surface area contributed by atoms with Crippen molar-refractivity contribution < 1.29 is 27.5 Å². The lowest BCUT2D eigenvalue weighted by atomic mass is 9.94. The minimum Gasteiger partial charge on any atom is -0.488 e. The van der Waals surface area contributed by atoms with Crippen LogP contribution < -0.4 is 15.8 Å². The summed E-state index contributed by atoms with van der Waals surface area (Å²) in [5, 5.41) is 10.4. The Balaban J connectivity index is 1.90. The van der Waals surface area contributed by atoms with Gasteiger partial charge < -0.3 is 15.8 Å². The van der Waals surface area contributed by atoms with Crippen molar-refractivity contribution in [3.63, 3.8) is 0 Å². The Kier molecular flexibility index (Phi) is 9.73. The monoisotopic (exact) mass is 519 g/mol. The van der Waals surface area contributed by atoms with Crippen molar-refractivity contribution in [2.75, 3.05) is 13.1 Å². The van der Waals surface area contributed by atoms with Gasteiger partial charge in [0.15, 0.2) is 5.78 Å². The van der Waals surface area contributed by atoms with Gasteiger partial charge in [0.25, 0.3) is 0 Å². The smallest absolute Gasteiger partial charge is 0.416 e. The molecule has 0 saturated carbocycles. The number of carbonyl (C=O) groups excluding carboxylic acids is 2. The molecule has 37 heavy (non-hydrogen) atoms. The molecular formula is C26H32F3N5O3. The van der Waals surface area contributed by atoms with Gasteiger partial charge in [-0.2, -0.15) is 13.2 Å². The number of nitrogens with one attached hydrogen (secondary N) is 2. The Morgan fingerprint density at radius 3 is 2.43 bits per heavy atom. The van der Waals surface area contributed by atoms with E-state index in [4.69, 9.17) is 15.9 Å². The Morgan fingerprint density at radius 1 is 1.11 bits per heavy atom. The molecule has 1 fully saturated rings. The van der Waals surface area contributed by atoms with Gasteiger partial charge in [0.1, 0.15) is 29.7 Å². The molecule has 0 radical (unpaired) electrons. The van der Waals surface area contributed by atoms with Crippen LogP contribution in [0.15, 0.2) is 24.5 Å². The number of alkyl halides is 3. The lowest BCUT2D eigenvalue weighted by Gasteiger charge is -2.21. The number of ketones is 2. The highest BCUT2D eigenvalue weighted by Crippen LogP contribution is 2.37. The van der Waals surface area contributed by atoms with E-state index in [-0.39, 0.29) is 59.6 Å².